The predicted molar refractivity (Wildman–Crippen MR) is 68.1 cm³/mol. The van der Waals surface area contributed by atoms with Gasteiger partial charge in [0.2, 0.25) is 11.8 Å². The number of nitrogens with one attached hydrogen (secondary N) is 2. The minimum atomic E-state index is -0.342. The molecule has 0 fully saturated rings. The molecule has 1 aromatic rings. The molecule has 5 nitrogen and oxygen atoms in total. The van der Waals surface area contributed by atoms with E-state index >= 15 is 0 Å². The lowest BCUT2D eigenvalue weighted by Gasteiger charge is -2.05. The van der Waals surface area contributed by atoms with Gasteiger partial charge in [-0.3, -0.25) is 9.59 Å². The summed E-state index contributed by atoms with van der Waals surface area (Å²) in [5, 5.41) is 5.08. The maximum Gasteiger partial charge on any atom is 0.239 e. The Balaban J connectivity index is 2.14. The van der Waals surface area contributed by atoms with Gasteiger partial charge >= 0.3 is 0 Å². The molecule has 0 spiro atoms. The molecule has 94 valence electrons. The van der Waals surface area contributed by atoms with Crippen LogP contribution < -0.4 is 16.4 Å². The SMILES string of the molecule is NCC(=O)NCC(=O)NCCc1ccc(Cl)s1. The summed E-state index contributed by atoms with van der Waals surface area (Å²) in [7, 11) is 0. The number of halogens is 1. The van der Waals surface area contributed by atoms with Crippen LogP contribution in [0.3, 0.4) is 0 Å². The van der Waals surface area contributed by atoms with Gasteiger partial charge in [-0.15, -0.1) is 11.3 Å². The first kappa shape index (κ1) is 14.0. The molecule has 0 saturated heterocycles. The molecule has 0 aliphatic rings. The number of carbonyl (C=O) groups excluding carboxylic acids is 2. The highest BCUT2D eigenvalue weighted by molar-refractivity contribution is 7.16. The molecule has 1 heterocycles. The van der Waals surface area contributed by atoms with E-state index in [0.29, 0.717) is 6.54 Å². The average molecular weight is 276 g/mol. The molecule has 0 aliphatic carbocycles. The topological polar surface area (TPSA) is 84.2 Å². The van der Waals surface area contributed by atoms with E-state index in [4.69, 9.17) is 17.3 Å². The Bertz CT molecular complexity index is 395. The minimum absolute atomic E-state index is 0.0404. The molecule has 17 heavy (non-hydrogen) atoms. The van der Waals surface area contributed by atoms with Gasteiger partial charge in [-0.1, -0.05) is 11.6 Å². The summed E-state index contributed by atoms with van der Waals surface area (Å²) >= 11 is 7.26. The Morgan fingerprint density at radius 2 is 2.06 bits per heavy atom. The maximum atomic E-state index is 11.3. The second-order valence-electron chi connectivity index (χ2n) is 3.29. The first-order valence-electron chi connectivity index (χ1n) is 5.09. The summed E-state index contributed by atoms with van der Waals surface area (Å²) in [5.41, 5.74) is 5.08. The molecule has 7 heteroatoms. The van der Waals surface area contributed by atoms with Crippen LogP contribution in [0.2, 0.25) is 4.34 Å². The van der Waals surface area contributed by atoms with Gasteiger partial charge in [-0.25, -0.2) is 0 Å². The van der Waals surface area contributed by atoms with Crippen LogP contribution in [0.1, 0.15) is 4.88 Å². The van der Waals surface area contributed by atoms with Crippen LogP contribution >= 0.6 is 22.9 Å². The number of carbonyl (C=O) groups is 2. The van der Waals surface area contributed by atoms with Crippen LogP contribution in [0.15, 0.2) is 12.1 Å². The summed E-state index contributed by atoms with van der Waals surface area (Å²) < 4.78 is 0.738. The Morgan fingerprint density at radius 1 is 1.29 bits per heavy atom. The number of nitrogens with two attached hydrogens (primary N) is 1. The zero-order valence-electron chi connectivity index (χ0n) is 9.16. The summed E-state index contributed by atoms with van der Waals surface area (Å²) in [4.78, 5) is 23.2. The molecule has 1 rings (SSSR count). The van der Waals surface area contributed by atoms with E-state index in [9.17, 15) is 9.59 Å². The van der Waals surface area contributed by atoms with Gasteiger partial charge in [0.15, 0.2) is 0 Å². The van der Waals surface area contributed by atoms with Crippen molar-refractivity contribution in [3.63, 3.8) is 0 Å². The fraction of sp³-hybridized carbons (Fsp3) is 0.400. The molecule has 0 aliphatic heterocycles. The van der Waals surface area contributed by atoms with Crippen molar-refractivity contribution in [1.29, 1.82) is 0 Å². The third kappa shape index (κ3) is 5.67. The van der Waals surface area contributed by atoms with E-state index in [1.807, 2.05) is 12.1 Å². The van der Waals surface area contributed by atoms with Crippen molar-refractivity contribution in [2.24, 2.45) is 5.73 Å². The first-order chi connectivity index (χ1) is 8.11. The highest BCUT2D eigenvalue weighted by Crippen LogP contribution is 2.21. The van der Waals surface area contributed by atoms with Gasteiger partial charge < -0.3 is 16.4 Å². The molecular formula is C10H14ClN3O2S. The Kier molecular flexibility index (Phi) is 5.96. The second-order valence-corrected chi connectivity index (χ2v) is 5.09. The molecule has 0 atom stereocenters. The van der Waals surface area contributed by atoms with Crippen molar-refractivity contribution < 1.29 is 9.59 Å². The Morgan fingerprint density at radius 3 is 2.65 bits per heavy atom. The van der Waals surface area contributed by atoms with Gasteiger partial charge in [-0.2, -0.15) is 0 Å². The van der Waals surface area contributed by atoms with Crippen LogP contribution in [0, 0.1) is 0 Å². The fourth-order valence-corrected chi connectivity index (χ4v) is 2.21. The molecule has 2 amide bonds. The van der Waals surface area contributed by atoms with Crippen molar-refractivity contribution in [3.8, 4) is 0 Å². The third-order valence-corrected chi connectivity index (χ3v) is 3.24. The van der Waals surface area contributed by atoms with E-state index in [2.05, 4.69) is 10.6 Å². The summed E-state index contributed by atoms with van der Waals surface area (Å²) in [6.07, 6.45) is 0.730. The molecule has 0 bridgehead atoms. The van der Waals surface area contributed by atoms with E-state index in [1.54, 1.807) is 0 Å². The van der Waals surface area contributed by atoms with Crippen LogP contribution in [0.25, 0.3) is 0 Å². The quantitative estimate of drug-likeness (QED) is 0.690. The van der Waals surface area contributed by atoms with Gasteiger partial charge in [0.25, 0.3) is 0 Å². The molecule has 0 unspecified atom stereocenters. The highest BCUT2D eigenvalue weighted by Gasteiger charge is 2.03. The first-order valence-corrected chi connectivity index (χ1v) is 6.29. The normalized spacial score (nSPS) is 10.0. The van der Waals surface area contributed by atoms with Crippen molar-refractivity contribution in [1.82, 2.24) is 10.6 Å². The van der Waals surface area contributed by atoms with Crippen molar-refractivity contribution in [2.45, 2.75) is 6.42 Å². The minimum Gasteiger partial charge on any atom is -0.354 e. The lowest BCUT2D eigenvalue weighted by molar-refractivity contribution is -0.125. The number of thiophene rings is 1. The van der Waals surface area contributed by atoms with Crippen molar-refractivity contribution in [3.05, 3.63) is 21.3 Å². The van der Waals surface area contributed by atoms with Crippen LogP contribution in [0.4, 0.5) is 0 Å². The van der Waals surface area contributed by atoms with Crippen LogP contribution in [-0.2, 0) is 16.0 Å². The monoisotopic (exact) mass is 275 g/mol. The van der Waals surface area contributed by atoms with Gasteiger partial charge in [0.05, 0.1) is 17.4 Å². The van der Waals surface area contributed by atoms with E-state index in [1.165, 1.54) is 11.3 Å². The standard InChI is InChI=1S/C10H14ClN3O2S/c11-8-2-1-7(17-8)3-4-13-10(16)6-14-9(15)5-12/h1-2H,3-6,12H2,(H,13,16)(H,14,15). The zero-order chi connectivity index (χ0) is 12.7. The molecule has 1 aromatic heterocycles. The highest BCUT2D eigenvalue weighted by atomic mass is 35.5. The predicted octanol–water partition coefficient (Wildman–Crippen LogP) is 0.135. The van der Waals surface area contributed by atoms with E-state index in [-0.39, 0.29) is 24.9 Å². The van der Waals surface area contributed by atoms with Crippen molar-refractivity contribution >= 4 is 34.8 Å². The fourth-order valence-electron chi connectivity index (χ4n) is 1.12. The molecule has 0 radical (unpaired) electrons. The third-order valence-electron chi connectivity index (χ3n) is 1.95. The maximum absolute atomic E-state index is 11.3. The van der Waals surface area contributed by atoms with E-state index in [0.717, 1.165) is 15.6 Å². The molecular weight excluding hydrogens is 262 g/mol. The summed E-state index contributed by atoms with van der Waals surface area (Å²) in [5.74, 6) is -0.570. The lowest BCUT2D eigenvalue weighted by atomic mass is 10.3. The van der Waals surface area contributed by atoms with Crippen LogP contribution in [-0.4, -0.2) is 31.4 Å². The number of rotatable bonds is 6. The molecule has 0 saturated carbocycles. The lowest BCUT2D eigenvalue weighted by Crippen LogP contribution is -2.39. The molecule has 4 N–H and O–H groups in total. The second kappa shape index (κ2) is 7.26. The number of amides is 2. The Hall–Kier alpha value is -1.11. The number of hydrogen-bond donors (Lipinski definition) is 3. The van der Waals surface area contributed by atoms with Gasteiger partial charge in [0.1, 0.15) is 0 Å². The van der Waals surface area contributed by atoms with Crippen molar-refractivity contribution in [2.75, 3.05) is 19.6 Å². The zero-order valence-corrected chi connectivity index (χ0v) is 10.7. The summed E-state index contributed by atoms with van der Waals surface area (Å²) in [6.45, 7) is 0.371. The largest absolute Gasteiger partial charge is 0.354 e. The molecule has 0 aromatic carbocycles. The van der Waals surface area contributed by atoms with Crippen LogP contribution in [0.5, 0.6) is 0 Å². The van der Waals surface area contributed by atoms with Gasteiger partial charge in [-0.05, 0) is 18.6 Å². The summed E-state index contributed by atoms with van der Waals surface area (Å²) in [6, 6.07) is 3.75. The average Bonchev–Trinajstić information content (AvgIpc) is 2.72. The number of hydrogen-bond acceptors (Lipinski definition) is 4. The van der Waals surface area contributed by atoms with E-state index < -0.39 is 0 Å². The van der Waals surface area contributed by atoms with Gasteiger partial charge in [0, 0.05) is 11.4 Å². The Labute approximate surface area is 108 Å². The smallest absolute Gasteiger partial charge is 0.239 e.